The fourth-order valence-corrected chi connectivity index (χ4v) is 2.64. The van der Waals surface area contributed by atoms with Gasteiger partial charge in [0.05, 0.1) is 22.3 Å². The maximum absolute atomic E-state index is 11.9. The number of carboxylic acid groups (broad SMARTS) is 1. The Morgan fingerprint density at radius 1 is 1.50 bits per heavy atom. The Balaban J connectivity index is 2.14. The quantitative estimate of drug-likeness (QED) is 0.787. The predicted molar refractivity (Wildman–Crippen MR) is 71.3 cm³/mol. The van der Waals surface area contributed by atoms with Gasteiger partial charge in [-0.2, -0.15) is 0 Å². The van der Waals surface area contributed by atoms with Crippen LogP contribution < -0.4 is 10.6 Å². The van der Waals surface area contributed by atoms with Gasteiger partial charge in [0.2, 0.25) is 5.91 Å². The number of carbonyl (C=O) groups excluding carboxylic acids is 1. The van der Waals surface area contributed by atoms with E-state index < -0.39 is 5.97 Å². The first-order chi connectivity index (χ1) is 8.58. The molecule has 1 aliphatic heterocycles. The lowest BCUT2D eigenvalue weighted by Crippen LogP contribution is -2.37. The average molecular weight is 287 g/mol. The Morgan fingerprint density at radius 3 is 2.89 bits per heavy atom. The van der Waals surface area contributed by atoms with E-state index in [4.69, 9.17) is 16.7 Å². The van der Waals surface area contributed by atoms with Gasteiger partial charge in [-0.25, -0.2) is 4.79 Å². The van der Waals surface area contributed by atoms with Gasteiger partial charge in [0.1, 0.15) is 0 Å². The molecule has 0 radical (unpaired) electrons. The fourth-order valence-electron chi connectivity index (χ4n) is 1.54. The molecule has 96 valence electrons. The molecule has 1 unspecified atom stereocenters. The molecule has 2 rings (SSSR count). The number of amides is 1. The highest BCUT2D eigenvalue weighted by Crippen LogP contribution is 2.24. The Bertz CT molecular complexity index is 489. The van der Waals surface area contributed by atoms with Gasteiger partial charge in [-0.3, -0.25) is 10.1 Å². The van der Waals surface area contributed by atoms with E-state index in [-0.39, 0.29) is 17.5 Å². The fraction of sp³-hybridized carbons (Fsp3) is 0.273. The highest BCUT2D eigenvalue weighted by Gasteiger charge is 2.23. The van der Waals surface area contributed by atoms with Crippen molar-refractivity contribution < 1.29 is 14.7 Å². The van der Waals surface area contributed by atoms with Gasteiger partial charge >= 0.3 is 5.97 Å². The zero-order chi connectivity index (χ0) is 13.1. The number of aromatic carboxylic acids is 1. The van der Waals surface area contributed by atoms with Crippen LogP contribution in [-0.4, -0.2) is 34.7 Å². The van der Waals surface area contributed by atoms with E-state index >= 15 is 0 Å². The van der Waals surface area contributed by atoms with Gasteiger partial charge in [0.15, 0.2) is 0 Å². The summed E-state index contributed by atoms with van der Waals surface area (Å²) in [5, 5.41) is 14.9. The Hall–Kier alpha value is -1.24. The average Bonchev–Trinajstić information content (AvgIpc) is 2.85. The summed E-state index contributed by atoms with van der Waals surface area (Å²) in [4.78, 5) is 22.7. The first-order valence-electron chi connectivity index (χ1n) is 5.23. The molecule has 1 atom stereocenters. The van der Waals surface area contributed by atoms with Gasteiger partial charge < -0.3 is 10.4 Å². The second kappa shape index (κ2) is 5.60. The van der Waals surface area contributed by atoms with Gasteiger partial charge in [-0.05, 0) is 18.2 Å². The molecule has 1 fully saturated rings. The van der Waals surface area contributed by atoms with Gasteiger partial charge in [-0.1, -0.05) is 11.6 Å². The van der Waals surface area contributed by atoms with Crippen LogP contribution in [0.15, 0.2) is 18.2 Å². The van der Waals surface area contributed by atoms with Crippen molar-refractivity contribution in [3.8, 4) is 0 Å². The van der Waals surface area contributed by atoms with E-state index in [0.29, 0.717) is 16.5 Å². The number of anilines is 1. The van der Waals surface area contributed by atoms with Gasteiger partial charge in [0, 0.05) is 11.6 Å². The van der Waals surface area contributed by atoms with Gasteiger partial charge in [-0.15, -0.1) is 11.8 Å². The first kappa shape index (κ1) is 13.2. The smallest absolute Gasteiger partial charge is 0.335 e. The summed E-state index contributed by atoms with van der Waals surface area (Å²) in [6, 6.07) is 3.94. The lowest BCUT2D eigenvalue weighted by molar-refractivity contribution is -0.117. The van der Waals surface area contributed by atoms with Gasteiger partial charge in [0.25, 0.3) is 0 Å². The summed E-state index contributed by atoms with van der Waals surface area (Å²) in [5.41, 5.74) is 0.406. The minimum atomic E-state index is -1.06. The number of hydrogen-bond acceptors (Lipinski definition) is 4. The molecule has 0 saturated carbocycles. The lowest BCUT2D eigenvalue weighted by atomic mass is 10.2. The minimum Gasteiger partial charge on any atom is -0.478 e. The third-order valence-corrected chi connectivity index (χ3v) is 3.77. The molecule has 1 amide bonds. The van der Waals surface area contributed by atoms with E-state index in [1.165, 1.54) is 18.2 Å². The van der Waals surface area contributed by atoms with Crippen molar-refractivity contribution in [3.05, 3.63) is 28.8 Å². The van der Waals surface area contributed by atoms with E-state index in [0.717, 1.165) is 5.88 Å². The Labute approximate surface area is 113 Å². The number of rotatable bonds is 3. The zero-order valence-corrected chi connectivity index (χ0v) is 10.8. The predicted octanol–water partition coefficient (Wildman–Crippen LogP) is 1.64. The number of carbonyl (C=O) groups is 2. The molecule has 5 nitrogen and oxygen atoms in total. The molecule has 1 heterocycles. The van der Waals surface area contributed by atoms with E-state index in [1.54, 1.807) is 11.8 Å². The zero-order valence-electron chi connectivity index (χ0n) is 9.27. The summed E-state index contributed by atoms with van der Waals surface area (Å²) in [5.74, 6) is 0.171. The number of hydrogen-bond donors (Lipinski definition) is 3. The molecule has 1 saturated heterocycles. The van der Waals surface area contributed by atoms with Crippen LogP contribution in [0.1, 0.15) is 10.4 Å². The van der Waals surface area contributed by atoms with Crippen LogP contribution in [0.4, 0.5) is 5.69 Å². The van der Waals surface area contributed by atoms with E-state index in [2.05, 4.69) is 10.6 Å². The van der Waals surface area contributed by atoms with Crippen LogP contribution >= 0.6 is 23.4 Å². The first-order valence-corrected chi connectivity index (χ1v) is 6.76. The molecule has 18 heavy (non-hydrogen) atoms. The monoisotopic (exact) mass is 286 g/mol. The van der Waals surface area contributed by atoms with E-state index in [9.17, 15) is 9.59 Å². The Kier molecular flexibility index (Phi) is 4.11. The summed E-state index contributed by atoms with van der Waals surface area (Å²) in [7, 11) is 0. The number of nitrogens with one attached hydrogen (secondary N) is 2. The van der Waals surface area contributed by atoms with Crippen molar-refractivity contribution in [1.29, 1.82) is 0 Å². The molecule has 0 aliphatic carbocycles. The van der Waals surface area contributed by atoms with Crippen LogP contribution in [0.25, 0.3) is 0 Å². The third-order valence-electron chi connectivity index (χ3n) is 2.50. The van der Waals surface area contributed by atoms with Crippen molar-refractivity contribution in [2.75, 3.05) is 16.9 Å². The standard InChI is InChI=1S/C11H11ClN2O3S/c12-7-2-1-6(11(16)17)3-8(7)14-10(15)9-4-18-5-13-9/h1-3,9,13H,4-5H2,(H,14,15)(H,16,17). The van der Waals surface area contributed by atoms with Crippen molar-refractivity contribution >= 4 is 40.9 Å². The van der Waals surface area contributed by atoms with E-state index in [1.807, 2.05) is 0 Å². The molecule has 3 N–H and O–H groups in total. The lowest BCUT2D eigenvalue weighted by Gasteiger charge is -2.12. The number of halogens is 1. The summed E-state index contributed by atoms with van der Waals surface area (Å²) in [6.07, 6.45) is 0. The van der Waals surface area contributed by atoms with Crippen LogP contribution in [0.3, 0.4) is 0 Å². The van der Waals surface area contributed by atoms with Crippen molar-refractivity contribution in [1.82, 2.24) is 5.32 Å². The number of benzene rings is 1. The minimum absolute atomic E-state index is 0.0865. The second-order valence-corrected chi connectivity index (χ2v) is 5.20. The summed E-state index contributed by atoms with van der Waals surface area (Å²) >= 11 is 7.55. The molecular weight excluding hydrogens is 276 g/mol. The normalized spacial score (nSPS) is 18.6. The molecule has 1 aromatic carbocycles. The van der Waals surface area contributed by atoms with Crippen LogP contribution in [0, 0.1) is 0 Å². The topological polar surface area (TPSA) is 78.4 Å². The second-order valence-electron chi connectivity index (χ2n) is 3.76. The highest BCUT2D eigenvalue weighted by atomic mass is 35.5. The molecule has 1 aromatic rings. The SMILES string of the molecule is O=C(O)c1ccc(Cl)c(NC(=O)C2CSCN2)c1. The van der Waals surface area contributed by atoms with Crippen molar-refractivity contribution in [2.24, 2.45) is 0 Å². The molecule has 0 aromatic heterocycles. The number of carboxylic acids is 1. The van der Waals surface area contributed by atoms with Crippen molar-refractivity contribution in [2.45, 2.75) is 6.04 Å². The molecule has 0 spiro atoms. The largest absolute Gasteiger partial charge is 0.478 e. The summed E-state index contributed by atoms with van der Waals surface area (Å²) < 4.78 is 0. The molecule has 0 bridgehead atoms. The third kappa shape index (κ3) is 2.95. The Morgan fingerprint density at radius 2 is 2.28 bits per heavy atom. The van der Waals surface area contributed by atoms with Crippen LogP contribution in [-0.2, 0) is 4.79 Å². The van der Waals surface area contributed by atoms with Crippen LogP contribution in [0.5, 0.6) is 0 Å². The molecular formula is C11H11ClN2O3S. The highest BCUT2D eigenvalue weighted by molar-refractivity contribution is 7.99. The summed E-state index contributed by atoms with van der Waals surface area (Å²) in [6.45, 7) is 0. The van der Waals surface area contributed by atoms with Crippen molar-refractivity contribution in [3.63, 3.8) is 0 Å². The van der Waals surface area contributed by atoms with Crippen LogP contribution in [0.2, 0.25) is 5.02 Å². The number of thioether (sulfide) groups is 1. The maximum Gasteiger partial charge on any atom is 0.335 e. The molecule has 7 heteroatoms. The maximum atomic E-state index is 11.9. The molecule has 1 aliphatic rings.